The van der Waals surface area contributed by atoms with Crippen LogP contribution in [0.1, 0.15) is 51.9 Å². The summed E-state index contributed by atoms with van der Waals surface area (Å²) in [6.45, 7) is 6.19. The maximum atomic E-state index is 10.0. The van der Waals surface area contributed by atoms with Crippen molar-refractivity contribution >= 4 is 0 Å². The Morgan fingerprint density at radius 1 is 1.21 bits per heavy atom. The van der Waals surface area contributed by atoms with Crippen LogP contribution in [0.4, 0.5) is 0 Å². The molecule has 0 radical (unpaired) electrons. The predicted molar refractivity (Wildman–Crippen MR) is 78.2 cm³/mol. The van der Waals surface area contributed by atoms with Crippen LogP contribution in [-0.4, -0.2) is 47.8 Å². The molecule has 3 heteroatoms. The minimum absolute atomic E-state index is 0.0161. The van der Waals surface area contributed by atoms with Crippen molar-refractivity contribution in [1.82, 2.24) is 10.2 Å². The van der Waals surface area contributed by atoms with E-state index in [1.54, 1.807) is 0 Å². The molecule has 0 aromatic heterocycles. The van der Waals surface area contributed by atoms with Gasteiger partial charge in [-0.15, -0.1) is 0 Å². The molecule has 19 heavy (non-hydrogen) atoms. The zero-order valence-electron chi connectivity index (χ0n) is 12.4. The van der Waals surface area contributed by atoms with E-state index >= 15 is 0 Å². The predicted octanol–water partition coefficient (Wildman–Crippen LogP) is 2.00. The molecule has 1 heterocycles. The average molecular weight is 266 g/mol. The molecule has 2 atom stereocenters. The van der Waals surface area contributed by atoms with Crippen molar-refractivity contribution in [3.05, 3.63) is 0 Å². The highest BCUT2D eigenvalue weighted by Crippen LogP contribution is 2.42. The molecule has 0 aromatic rings. The van der Waals surface area contributed by atoms with Crippen molar-refractivity contribution < 1.29 is 5.11 Å². The second-order valence-corrected chi connectivity index (χ2v) is 7.19. The van der Waals surface area contributed by atoms with E-state index < -0.39 is 0 Å². The first-order chi connectivity index (χ1) is 9.25. The van der Waals surface area contributed by atoms with Crippen molar-refractivity contribution in [2.24, 2.45) is 11.8 Å². The van der Waals surface area contributed by atoms with Gasteiger partial charge in [-0.05, 0) is 56.9 Å². The molecule has 0 aromatic carbocycles. The van der Waals surface area contributed by atoms with Crippen molar-refractivity contribution in [3.8, 4) is 0 Å². The van der Waals surface area contributed by atoms with Gasteiger partial charge in [0.05, 0.1) is 12.1 Å². The van der Waals surface area contributed by atoms with Crippen LogP contribution in [-0.2, 0) is 0 Å². The number of hydrogen-bond donors (Lipinski definition) is 2. The molecule has 110 valence electrons. The average Bonchev–Trinajstić information content (AvgIpc) is 3.30. The lowest BCUT2D eigenvalue weighted by Gasteiger charge is -2.37. The zero-order valence-corrected chi connectivity index (χ0v) is 12.4. The first-order valence-electron chi connectivity index (χ1n) is 8.36. The molecule has 2 unspecified atom stereocenters. The van der Waals surface area contributed by atoms with Gasteiger partial charge in [0.1, 0.15) is 0 Å². The summed E-state index contributed by atoms with van der Waals surface area (Å²) in [5, 5.41) is 13.8. The second-order valence-electron chi connectivity index (χ2n) is 7.19. The van der Waals surface area contributed by atoms with Crippen LogP contribution in [0.25, 0.3) is 0 Å². The monoisotopic (exact) mass is 266 g/mol. The Balaban J connectivity index is 1.57. The SMILES string of the molecule is CCCC1CCN(CC(CO)(NC2CC2)C2CC2)C1. The standard InChI is InChI=1S/C16H30N2O/c1-2-3-13-8-9-18(10-13)11-16(12-19,14-4-5-14)17-15-6-7-15/h13-15,17,19H,2-12H2,1H3. The topological polar surface area (TPSA) is 35.5 Å². The van der Waals surface area contributed by atoms with Gasteiger partial charge < -0.3 is 15.3 Å². The maximum absolute atomic E-state index is 10.0. The summed E-state index contributed by atoms with van der Waals surface area (Å²) >= 11 is 0. The smallest absolute Gasteiger partial charge is 0.0628 e. The van der Waals surface area contributed by atoms with Crippen LogP contribution < -0.4 is 5.32 Å². The first-order valence-corrected chi connectivity index (χ1v) is 8.36. The Labute approximate surface area is 117 Å². The summed E-state index contributed by atoms with van der Waals surface area (Å²) in [4.78, 5) is 2.62. The fourth-order valence-electron chi connectivity index (χ4n) is 3.89. The molecule has 1 saturated heterocycles. The van der Waals surface area contributed by atoms with Gasteiger partial charge in [-0.2, -0.15) is 0 Å². The molecule has 0 amide bonds. The molecule has 3 aliphatic rings. The van der Waals surface area contributed by atoms with Crippen LogP contribution >= 0.6 is 0 Å². The van der Waals surface area contributed by atoms with Crippen LogP contribution in [0, 0.1) is 11.8 Å². The van der Waals surface area contributed by atoms with E-state index in [4.69, 9.17) is 0 Å². The van der Waals surface area contributed by atoms with E-state index in [-0.39, 0.29) is 5.54 Å². The molecular formula is C16H30N2O. The van der Waals surface area contributed by atoms with Crippen LogP contribution in [0.2, 0.25) is 0 Å². The quantitative estimate of drug-likeness (QED) is 0.705. The van der Waals surface area contributed by atoms with Crippen molar-refractivity contribution in [2.45, 2.75) is 63.5 Å². The first kappa shape index (κ1) is 13.8. The van der Waals surface area contributed by atoms with E-state index in [9.17, 15) is 5.11 Å². The van der Waals surface area contributed by atoms with Crippen LogP contribution in [0.5, 0.6) is 0 Å². The fourth-order valence-corrected chi connectivity index (χ4v) is 3.89. The van der Waals surface area contributed by atoms with E-state index in [0.717, 1.165) is 18.4 Å². The highest BCUT2D eigenvalue weighted by molar-refractivity contribution is 5.06. The second kappa shape index (κ2) is 5.71. The zero-order chi connectivity index (χ0) is 13.3. The molecule has 3 fully saturated rings. The Morgan fingerprint density at radius 3 is 2.58 bits per heavy atom. The summed E-state index contributed by atoms with van der Waals surface area (Å²) in [5.74, 6) is 1.63. The summed E-state index contributed by atoms with van der Waals surface area (Å²) in [6, 6.07) is 0.696. The fraction of sp³-hybridized carbons (Fsp3) is 1.00. The summed E-state index contributed by atoms with van der Waals surface area (Å²) in [5.41, 5.74) is 0.0161. The number of nitrogens with one attached hydrogen (secondary N) is 1. The third-order valence-electron chi connectivity index (χ3n) is 5.28. The number of nitrogens with zero attached hydrogens (tertiary/aromatic N) is 1. The van der Waals surface area contributed by atoms with Gasteiger partial charge in [0, 0.05) is 19.1 Å². The van der Waals surface area contributed by atoms with Crippen molar-refractivity contribution in [1.29, 1.82) is 0 Å². The van der Waals surface area contributed by atoms with Gasteiger partial charge in [-0.25, -0.2) is 0 Å². The third kappa shape index (κ3) is 3.32. The minimum atomic E-state index is 0.0161. The van der Waals surface area contributed by atoms with Crippen molar-refractivity contribution in [2.75, 3.05) is 26.2 Å². The number of rotatable bonds is 8. The summed E-state index contributed by atoms with van der Waals surface area (Å²) in [7, 11) is 0. The van der Waals surface area contributed by atoms with Crippen molar-refractivity contribution in [3.63, 3.8) is 0 Å². The van der Waals surface area contributed by atoms with E-state index in [1.165, 1.54) is 58.0 Å². The normalized spacial score (nSPS) is 31.6. The molecule has 1 aliphatic heterocycles. The highest BCUT2D eigenvalue weighted by atomic mass is 16.3. The number of likely N-dealkylation sites (tertiary alicyclic amines) is 1. The van der Waals surface area contributed by atoms with Gasteiger partial charge in [0.15, 0.2) is 0 Å². The Hall–Kier alpha value is -0.120. The molecule has 3 nitrogen and oxygen atoms in total. The highest BCUT2D eigenvalue weighted by Gasteiger charge is 2.48. The lowest BCUT2D eigenvalue weighted by molar-refractivity contribution is 0.0966. The summed E-state index contributed by atoms with van der Waals surface area (Å²) < 4.78 is 0. The largest absolute Gasteiger partial charge is 0.394 e. The minimum Gasteiger partial charge on any atom is -0.394 e. The Bertz CT molecular complexity index is 301. The number of hydrogen-bond acceptors (Lipinski definition) is 3. The summed E-state index contributed by atoms with van der Waals surface area (Å²) in [6.07, 6.45) is 9.30. The van der Waals surface area contributed by atoms with Crippen LogP contribution in [0.3, 0.4) is 0 Å². The number of aliphatic hydroxyl groups is 1. The Morgan fingerprint density at radius 2 is 2.00 bits per heavy atom. The maximum Gasteiger partial charge on any atom is 0.0628 e. The Kier molecular flexibility index (Phi) is 4.16. The van der Waals surface area contributed by atoms with Crippen LogP contribution in [0.15, 0.2) is 0 Å². The van der Waals surface area contributed by atoms with E-state index in [2.05, 4.69) is 17.1 Å². The molecular weight excluding hydrogens is 236 g/mol. The van der Waals surface area contributed by atoms with E-state index in [0.29, 0.717) is 12.6 Å². The van der Waals surface area contributed by atoms with Gasteiger partial charge in [0.25, 0.3) is 0 Å². The molecule has 2 aliphatic carbocycles. The lowest BCUT2D eigenvalue weighted by Crippen LogP contribution is -2.58. The van der Waals surface area contributed by atoms with Gasteiger partial charge in [-0.1, -0.05) is 13.3 Å². The molecule has 3 rings (SSSR count). The molecule has 2 N–H and O–H groups in total. The molecule has 0 bridgehead atoms. The lowest BCUT2D eigenvalue weighted by atomic mass is 9.93. The van der Waals surface area contributed by atoms with Gasteiger partial charge >= 0.3 is 0 Å². The molecule has 0 spiro atoms. The van der Waals surface area contributed by atoms with Gasteiger partial charge in [-0.3, -0.25) is 0 Å². The molecule has 2 saturated carbocycles. The van der Waals surface area contributed by atoms with E-state index in [1.807, 2.05) is 0 Å². The number of aliphatic hydroxyl groups excluding tert-OH is 1. The van der Waals surface area contributed by atoms with Gasteiger partial charge in [0.2, 0.25) is 0 Å². The third-order valence-corrected chi connectivity index (χ3v) is 5.28.